The second kappa shape index (κ2) is 11.5. The Kier molecular flexibility index (Phi) is 8.10. The number of amides is 1. The quantitative estimate of drug-likeness (QED) is 0.482. The van der Waals surface area contributed by atoms with E-state index < -0.39 is 5.60 Å². The molecule has 0 spiro atoms. The number of quaternary nitrogens is 1. The van der Waals surface area contributed by atoms with Crippen molar-refractivity contribution in [2.45, 2.75) is 56.6 Å². The molecule has 2 atom stereocenters. The molecule has 5 rings (SSSR count). The maximum absolute atomic E-state index is 14.0. The fourth-order valence-electron chi connectivity index (χ4n) is 6.92. The SMILES string of the molecule is C[N+](C)(CC(Cc1ccccc1)C1=COCO1)C1CCN(C(=O)C(O)(c2ccccc2)C2CCCC2)CC1. The zero-order valence-electron chi connectivity index (χ0n) is 22.9. The van der Waals surface area contributed by atoms with Crippen molar-refractivity contribution in [1.29, 1.82) is 0 Å². The number of hydrogen-bond donors (Lipinski definition) is 1. The van der Waals surface area contributed by atoms with Gasteiger partial charge in [0.05, 0.1) is 32.6 Å². The molecule has 2 aromatic carbocycles. The van der Waals surface area contributed by atoms with E-state index in [0.29, 0.717) is 25.9 Å². The monoisotopic (exact) mass is 519 g/mol. The van der Waals surface area contributed by atoms with Gasteiger partial charge in [-0.1, -0.05) is 73.5 Å². The summed E-state index contributed by atoms with van der Waals surface area (Å²) < 4.78 is 12.1. The number of ether oxygens (including phenoxy) is 2. The molecule has 2 heterocycles. The van der Waals surface area contributed by atoms with Gasteiger partial charge in [-0.25, -0.2) is 0 Å². The summed E-state index contributed by atoms with van der Waals surface area (Å²) in [4.78, 5) is 15.9. The van der Waals surface area contributed by atoms with Gasteiger partial charge in [0, 0.05) is 31.8 Å². The van der Waals surface area contributed by atoms with E-state index in [1.807, 2.05) is 41.3 Å². The average molecular weight is 520 g/mol. The summed E-state index contributed by atoms with van der Waals surface area (Å²) in [6.07, 6.45) is 8.49. The van der Waals surface area contributed by atoms with Crippen LogP contribution in [0.25, 0.3) is 0 Å². The third-order valence-corrected chi connectivity index (χ3v) is 9.14. The summed E-state index contributed by atoms with van der Waals surface area (Å²) >= 11 is 0. The molecule has 6 nitrogen and oxygen atoms in total. The average Bonchev–Trinajstić information content (AvgIpc) is 3.68. The number of carbonyl (C=O) groups is 1. The molecule has 3 aliphatic rings. The van der Waals surface area contributed by atoms with Gasteiger partial charge in [0.2, 0.25) is 6.79 Å². The van der Waals surface area contributed by atoms with Crippen LogP contribution in [-0.4, -0.2) is 67.0 Å². The molecule has 2 unspecified atom stereocenters. The molecule has 0 bridgehead atoms. The lowest BCUT2D eigenvalue weighted by atomic mass is 9.78. The first-order chi connectivity index (χ1) is 18.4. The van der Waals surface area contributed by atoms with Crippen molar-refractivity contribution < 1.29 is 23.9 Å². The summed E-state index contributed by atoms with van der Waals surface area (Å²) in [6.45, 7) is 2.58. The molecule has 2 fully saturated rings. The molecule has 2 aliphatic heterocycles. The van der Waals surface area contributed by atoms with Crippen molar-refractivity contribution in [2.24, 2.45) is 11.8 Å². The van der Waals surface area contributed by atoms with Crippen molar-refractivity contribution >= 4 is 5.91 Å². The van der Waals surface area contributed by atoms with E-state index in [-0.39, 0.29) is 17.7 Å². The van der Waals surface area contributed by atoms with E-state index in [2.05, 4.69) is 38.4 Å². The highest BCUT2D eigenvalue weighted by molar-refractivity contribution is 5.87. The van der Waals surface area contributed by atoms with Crippen molar-refractivity contribution in [3.63, 3.8) is 0 Å². The third kappa shape index (κ3) is 5.62. The van der Waals surface area contributed by atoms with Gasteiger partial charge in [0.1, 0.15) is 12.0 Å². The highest BCUT2D eigenvalue weighted by Crippen LogP contribution is 2.42. The zero-order valence-corrected chi connectivity index (χ0v) is 22.9. The first kappa shape index (κ1) is 26.8. The predicted octanol–water partition coefficient (Wildman–Crippen LogP) is 4.84. The molecule has 1 saturated carbocycles. The number of piperidine rings is 1. The van der Waals surface area contributed by atoms with E-state index in [9.17, 15) is 9.90 Å². The first-order valence-corrected chi connectivity index (χ1v) is 14.3. The molecule has 6 heteroatoms. The Morgan fingerprint density at radius 3 is 2.24 bits per heavy atom. The van der Waals surface area contributed by atoms with Crippen LogP contribution in [0.1, 0.15) is 49.7 Å². The third-order valence-electron chi connectivity index (χ3n) is 9.14. The summed E-state index contributed by atoms with van der Waals surface area (Å²) in [6, 6.07) is 20.6. The molecule has 0 aromatic heterocycles. The Bertz CT molecular complexity index is 1090. The van der Waals surface area contributed by atoms with Crippen LogP contribution in [0.4, 0.5) is 0 Å². The lowest BCUT2D eigenvalue weighted by Gasteiger charge is -2.46. The van der Waals surface area contributed by atoms with E-state index in [1.54, 1.807) is 6.26 Å². The van der Waals surface area contributed by atoms with Crippen LogP contribution in [0.15, 0.2) is 72.7 Å². The minimum absolute atomic E-state index is 0.0111. The predicted molar refractivity (Wildman–Crippen MR) is 148 cm³/mol. The molecular formula is C32H43N2O4+. The lowest BCUT2D eigenvalue weighted by molar-refractivity contribution is -0.919. The first-order valence-electron chi connectivity index (χ1n) is 14.3. The summed E-state index contributed by atoms with van der Waals surface area (Å²) in [7, 11) is 4.60. The van der Waals surface area contributed by atoms with Gasteiger partial charge in [0.25, 0.3) is 5.91 Å². The molecule has 38 heavy (non-hydrogen) atoms. The number of aliphatic hydroxyl groups is 1. The molecule has 2 aromatic rings. The Morgan fingerprint density at radius 1 is 1.00 bits per heavy atom. The number of likely N-dealkylation sites (tertiary alicyclic amines) is 1. The number of hydrogen-bond acceptors (Lipinski definition) is 4. The number of benzene rings is 2. The van der Waals surface area contributed by atoms with Gasteiger partial charge in [-0.15, -0.1) is 0 Å². The van der Waals surface area contributed by atoms with Crippen LogP contribution >= 0.6 is 0 Å². The molecular weight excluding hydrogens is 476 g/mol. The number of nitrogens with zero attached hydrogens (tertiary/aromatic N) is 2. The van der Waals surface area contributed by atoms with Crippen molar-refractivity contribution in [1.82, 2.24) is 4.90 Å². The minimum Gasteiger partial charge on any atom is -0.462 e. The van der Waals surface area contributed by atoms with Gasteiger partial charge >= 0.3 is 0 Å². The maximum Gasteiger partial charge on any atom is 0.259 e. The molecule has 0 radical (unpaired) electrons. The van der Waals surface area contributed by atoms with Gasteiger partial charge in [-0.05, 0) is 30.4 Å². The molecule has 1 N–H and O–H groups in total. The Balaban J connectivity index is 1.26. The summed E-state index contributed by atoms with van der Waals surface area (Å²) in [5, 5.41) is 12.0. The summed E-state index contributed by atoms with van der Waals surface area (Å²) in [5.41, 5.74) is 0.606. The maximum atomic E-state index is 14.0. The van der Waals surface area contributed by atoms with Crippen LogP contribution in [-0.2, 0) is 26.3 Å². The smallest absolute Gasteiger partial charge is 0.259 e. The van der Waals surface area contributed by atoms with E-state index in [4.69, 9.17) is 9.47 Å². The minimum atomic E-state index is -1.43. The van der Waals surface area contributed by atoms with Gasteiger partial charge in [-0.2, -0.15) is 0 Å². The van der Waals surface area contributed by atoms with Crippen molar-refractivity contribution in [2.75, 3.05) is 40.5 Å². The normalized spacial score (nSPS) is 21.3. The van der Waals surface area contributed by atoms with E-state index in [0.717, 1.165) is 67.3 Å². The van der Waals surface area contributed by atoms with Crippen LogP contribution in [0.2, 0.25) is 0 Å². The fourth-order valence-corrected chi connectivity index (χ4v) is 6.92. The highest BCUT2D eigenvalue weighted by Gasteiger charge is 2.49. The lowest BCUT2D eigenvalue weighted by Crippen LogP contribution is -2.59. The van der Waals surface area contributed by atoms with Gasteiger partial charge in [0.15, 0.2) is 5.60 Å². The number of rotatable bonds is 9. The van der Waals surface area contributed by atoms with Gasteiger partial charge in [-0.3, -0.25) is 4.79 Å². The van der Waals surface area contributed by atoms with E-state index in [1.165, 1.54) is 5.56 Å². The fraction of sp³-hybridized carbons (Fsp3) is 0.531. The van der Waals surface area contributed by atoms with Gasteiger partial charge < -0.3 is 24.0 Å². The van der Waals surface area contributed by atoms with Crippen LogP contribution in [0.3, 0.4) is 0 Å². The molecule has 1 amide bonds. The molecule has 1 saturated heterocycles. The van der Waals surface area contributed by atoms with Crippen LogP contribution < -0.4 is 0 Å². The van der Waals surface area contributed by atoms with Crippen molar-refractivity contribution in [3.8, 4) is 0 Å². The summed E-state index contributed by atoms with van der Waals surface area (Å²) in [5.74, 6) is 1.03. The molecule has 204 valence electrons. The second-order valence-corrected chi connectivity index (χ2v) is 11.9. The standard InChI is InChI=1S/C32H43N2O4/c1-34(2,22-26(30-23-37-24-38-30)21-25-11-5-3-6-12-25)29-17-19-33(20-18-29)31(35)32(36,28-15-9-10-16-28)27-13-7-4-8-14-27/h3-8,11-14,23,26,28-29,36H,9-10,15-22,24H2,1-2H3/q+1. The highest BCUT2D eigenvalue weighted by atomic mass is 16.7. The Labute approximate surface area is 227 Å². The molecule has 1 aliphatic carbocycles. The number of carbonyl (C=O) groups excluding carboxylic acids is 1. The largest absolute Gasteiger partial charge is 0.462 e. The topological polar surface area (TPSA) is 59.0 Å². The van der Waals surface area contributed by atoms with Crippen LogP contribution in [0, 0.1) is 11.8 Å². The zero-order chi connectivity index (χ0) is 26.6. The Morgan fingerprint density at radius 2 is 1.63 bits per heavy atom. The second-order valence-electron chi connectivity index (χ2n) is 11.9. The van der Waals surface area contributed by atoms with Crippen LogP contribution in [0.5, 0.6) is 0 Å². The Hall–Kier alpha value is -2.83. The van der Waals surface area contributed by atoms with E-state index >= 15 is 0 Å². The van der Waals surface area contributed by atoms with Crippen molar-refractivity contribution in [3.05, 3.63) is 83.8 Å².